The van der Waals surface area contributed by atoms with Gasteiger partial charge in [-0.3, -0.25) is 4.79 Å². The summed E-state index contributed by atoms with van der Waals surface area (Å²) in [6.45, 7) is 2.50. The number of nitrogens with one attached hydrogen (secondary N) is 1. The van der Waals surface area contributed by atoms with Gasteiger partial charge < -0.3 is 10.2 Å². The smallest absolute Gasteiger partial charge is 0.255 e. The Kier molecular flexibility index (Phi) is 4.17. The van der Waals surface area contributed by atoms with E-state index in [0.29, 0.717) is 17.3 Å². The number of nitrogens with zero attached hydrogens (tertiary/aromatic N) is 3. The molecule has 1 atom stereocenters. The van der Waals surface area contributed by atoms with Crippen molar-refractivity contribution in [3.05, 3.63) is 82.1 Å². The summed E-state index contributed by atoms with van der Waals surface area (Å²) in [5, 5.41) is 8.19. The van der Waals surface area contributed by atoms with Crippen LogP contribution in [0.1, 0.15) is 33.3 Å². The molecule has 0 fully saturated rings. The Morgan fingerprint density at radius 3 is 2.58 bits per heavy atom. The van der Waals surface area contributed by atoms with E-state index in [2.05, 4.69) is 10.4 Å². The first-order valence-corrected chi connectivity index (χ1v) is 8.83. The molecule has 1 aliphatic heterocycles. The van der Waals surface area contributed by atoms with Crippen LogP contribution < -0.4 is 10.2 Å². The first-order chi connectivity index (χ1) is 12.6. The highest BCUT2D eigenvalue weighted by Crippen LogP contribution is 2.36. The quantitative estimate of drug-likeness (QED) is 0.767. The Labute approximate surface area is 157 Å². The number of halogens is 1. The van der Waals surface area contributed by atoms with Crippen LogP contribution in [-0.2, 0) is 6.54 Å². The molecule has 1 unspecified atom stereocenters. The zero-order chi connectivity index (χ0) is 18.3. The number of para-hydroxylation sites is 1. The second kappa shape index (κ2) is 6.50. The number of hydrogen-bond acceptors (Lipinski definition) is 3. The number of aryl methyl sites for hydroxylation is 1. The Balaban J connectivity index is 1.72. The lowest BCUT2D eigenvalue weighted by molar-refractivity contribution is 0.0928. The normalized spacial score (nSPS) is 16.3. The van der Waals surface area contributed by atoms with Crippen LogP contribution in [0.25, 0.3) is 0 Å². The van der Waals surface area contributed by atoms with Crippen molar-refractivity contribution in [3.8, 4) is 0 Å². The first-order valence-electron chi connectivity index (χ1n) is 8.45. The van der Waals surface area contributed by atoms with E-state index in [1.807, 2.05) is 73.5 Å². The fourth-order valence-corrected chi connectivity index (χ4v) is 3.75. The van der Waals surface area contributed by atoms with Crippen molar-refractivity contribution in [2.75, 3.05) is 11.9 Å². The van der Waals surface area contributed by atoms with E-state index < -0.39 is 0 Å². The third-order valence-electron chi connectivity index (χ3n) is 4.74. The largest absolute Gasteiger partial charge is 0.350 e. The summed E-state index contributed by atoms with van der Waals surface area (Å²) >= 11 is 6.68. The summed E-state index contributed by atoms with van der Waals surface area (Å²) in [5.74, 6) is -0.102. The van der Waals surface area contributed by atoms with Crippen LogP contribution in [0.3, 0.4) is 0 Å². The molecule has 5 nitrogen and oxygen atoms in total. The molecule has 1 N–H and O–H groups in total. The van der Waals surface area contributed by atoms with Gasteiger partial charge in [0.2, 0.25) is 0 Å². The van der Waals surface area contributed by atoms with Crippen molar-refractivity contribution in [1.82, 2.24) is 15.1 Å². The molecule has 0 aliphatic carbocycles. The SMILES string of the molecule is Cc1nn(Cc2ccccc2)c(Cl)c1C1NC(=O)c2ccccc2N1C. The van der Waals surface area contributed by atoms with Gasteiger partial charge >= 0.3 is 0 Å². The summed E-state index contributed by atoms with van der Waals surface area (Å²) in [6, 6.07) is 17.6. The van der Waals surface area contributed by atoms with Gasteiger partial charge in [0.1, 0.15) is 11.3 Å². The van der Waals surface area contributed by atoms with E-state index in [4.69, 9.17) is 11.6 Å². The van der Waals surface area contributed by atoms with E-state index >= 15 is 0 Å². The van der Waals surface area contributed by atoms with Gasteiger partial charge in [-0.15, -0.1) is 0 Å². The van der Waals surface area contributed by atoms with Gasteiger partial charge in [0.25, 0.3) is 5.91 Å². The molecule has 1 amide bonds. The number of carbonyl (C=O) groups is 1. The highest BCUT2D eigenvalue weighted by atomic mass is 35.5. The number of carbonyl (C=O) groups excluding carboxylic acids is 1. The molecule has 0 bridgehead atoms. The number of fused-ring (bicyclic) bond motifs is 1. The molecule has 0 spiro atoms. The van der Waals surface area contributed by atoms with Gasteiger partial charge in [0.15, 0.2) is 0 Å². The molecule has 26 heavy (non-hydrogen) atoms. The van der Waals surface area contributed by atoms with Crippen LogP contribution in [0.2, 0.25) is 5.15 Å². The predicted octanol–water partition coefficient (Wildman–Crippen LogP) is 3.77. The van der Waals surface area contributed by atoms with Crippen LogP contribution in [0.15, 0.2) is 54.6 Å². The van der Waals surface area contributed by atoms with Crippen molar-refractivity contribution >= 4 is 23.2 Å². The lowest BCUT2D eigenvalue weighted by Gasteiger charge is -2.36. The summed E-state index contributed by atoms with van der Waals surface area (Å²) in [4.78, 5) is 14.6. The second-order valence-electron chi connectivity index (χ2n) is 6.44. The molecule has 132 valence electrons. The zero-order valence-electron chi connectivity index (χ0n) is 14.6. The summed E-state index contributed by atoms with van der Waals surface area (Å²) in [7, 11) is 1.95. The molecular weight excluding hydrogens is 348 g/mol. The average Bonchev–Trinajstić information content (AvgIpc) is 2.93. The number of rotatable bonds is 3. The molecule has 2 aromatic carbocycles. The standard InChI is InChI=1S/C20H19ClN4O/c1-13-17(18(21)25(23-13)12-14-8-4-3-5-9-14)19-22-20(26)15-10-6-7-11-16(15)24(19)2/h3-11,19H,12H2,1-2H3,(H,22,26). The highest BCUT2D eigenvalue weighted by molar-refractivity contribution is 6.30. The molecular formula is C20H19ClN4O. The molecule has 0 saturated carbocycles. The third kappa shape index (κ3) is 2.74. The lowest BCUT2D eigenvalue weighted by Crippen LogP contribution is -2.44. The minimum Gasteiger partial charge on any atom is -0.350 e. The van der Waals surface area contributed by atoms with Gasteiger partial charge in [0, 0.05) is 7.05 Å². The number of benzene rings is 2. The van der Waals surface area contributed by atoms with E-state index in [1.54, 1.807) is 4.68 Å². The molecule has 1 aromatic heterocycles. The van der Waals surface area contributed by atoms with E-state index in [0.717, 1.165) is 22.5 Å². The van der Waals surface area contributed by atoms with Crippen molar-refractivity contribution in [2.24, 2.45) is 0 Å². The minimum atomic E-state index is -0.352. The average molecular weight is 367 g/mol. The fraction of sp³-hybridized carbons (Fsp3) is 0.200. The van der Waals surface area contributed by atoms with Crippen molar-refractivity contribution < 1.29 is 4.79 Å². The van der Waals surface area contributed by atoms with Crippen LogP contribution in [0.5, 0.6) is 0 Å². The van der Waals surface area contributed by atoms with Gasteiger partial charge in [-0.1, -0.05) is 54.1 Å². The summed E-state index contributed by atoms with van der Waals surface area (Å²) < 4.78 is 1.78. The maximum atomic E-state index is 12.5. The monoisotopic (exact) mass is 366 g/mol. The topological polar surface area (TPSA) is 50.2 Å². The lowest BCUT2D eigenvalue weighted by atomic mass is 10.0. The maximum absolute atomic E-state index is 12.5. The van der Waals surface area contributed by atoms with Crippen LogP contribution in [0.4, 0.5) is 5.69 Å². The zero-order valence-corrected chi connectivity index (χ0v) is 15.4. The van der Waals surface area contributed by atoms with Gasteiger partial charge in [-0.05, 0) is 24.6 Å². The molecule has 0 saturated heterocycles. The number of aromatic nitrogens is 2. The Morgan fingerprint density at radius 1 is 1.12 bits per heavy atom. The number of hydrogen-bond donors (Lipinski definition) is 1. The van der Waals surface area contributed by atoms with Gasteiger partial charge in [-0.25, -0.2) is 4.68 Å². The van der Waals surface area contributed by atoms with E-state index in [1.165, 1.54) is 0 Å². The number of anilines is 1. The minimum absolute atomic E-state index is 0.102. The van der Waals surface area contributed by atoms with Crippen molar-refractivity contribution in [3.63, 3.8) is 0 Å². The predicted molar refractivity (Wildman–Crippen MR) is 103 cm³/mol. The molecule has 2 heterocycles. The van der Waals surface area contributed by atoms with Crippen molar-refractivity contribution in [2.45, 2.75) is 19.6 Å². The maximum Gasteiger partial charge on any atom is 0.255 e. The van der Waals surface area contributed by atoms with Gasteiger partial charge in [-0.2, -0.15) is 5.10 Å². The Hall–Kier alpha value is -2.79. The first kappa shape index (κ1) is 16.7. The molecule has 4 rings (SSSR count). The molecule has 3 aromatic rings. The van der Waals surface area contributed by atoms with E-state index in [-0.39, 0.29) is 12.1 Å². The molecule has 0 radical (unpaired) electrons. The second-order valence-corrected chi connectivity index (χ2v) is 6.80. The van der Waals surface area contributed by atoms with Gasteiger partial charge in [0.05, 0.1) is 29.1 Å². The van der Waals surface area contributed by atoms with E-state index in [9.17, 15) is 4.79 Å². The highest BCUT2D eigenvalue weighted by Gasteiger charge is 2.33. The Morgan fingerprint density at radius 2 is 1.81 bits per heavy atom. The Bertz CT molecular complexity index is 967. The summed E-state index contributed by atoms with van der Waals surface area (Å²) in [6.07, 6.45) is -0.352. The number of amides is 1. The fourth-order valence-electron chi connectivity index (χ4n) is 3.42. The van der Waals surface area contributed by atoms with Crippen molar-refractivity contribution in [1.29, 1.82) is 0 Å². The third-order valence-corrected chi connectivity index (χ3v) is 5.14. The molecule has 1 aliphatic rings. The summed E-state index contributed by atoms with van der Waals surface area (Å²) in [5.41, 5.74) is 4.30. The van der Waals surface area contributed by atoms with Crippen LogP contribution >= 0.6 is 11.6 Å². The van der Waals surface area contributed by atoms with Crippen LogP contribution in [0, 0.1) is 6.92 Å². The van der Waals surface area contributed by atoms with Crippen LogP contribution in [-0.4, -0.2) is 22.7 Å². The molecule has 6 heteroatoms.